The summed E-state index contributed by atoms with van der Waals surface area (Å²) in [6, 6.07) is 0. The molecule has 0 aliphatic heterocycles. The number of hydrogen-bond donors (Lipinski definition) is 2. The van der Waals surface area contributed by atoms with E-state index in [1.807, 2.05) is 0 Å². The zero-order valence-electron chi connectivity index (χ0n) is 13.1. The molecule has 0 bridgehead atoms. The van der Waals surface area contributed by atoms with Crippen molar-refractivity contribution in [2.45, 2.75) is 72.1 Å². The van der Waals surface area contributed by atoms with Gasteiger partial charge in [0.1, 0.15) is 0 Å². The topological polar surface area (TPSA) is 66.4 Å². The van der Waals surface area contributed by atoms with Gasteiger partial charge in [0.25, 0.3) is 0 Å². The fraction of sp³-hybridized carbons (Fsp3) is 0.875. The standard InChI is InChI=1S/C16H29NO3/c1-15(2,3)9-7-8-13(18)17-12-16(14(19)20)10-5-4-6-11-16/h4-12H2,1-3H3,(H,17,18)(H,19,20). The zero-order chi connectivity index (χ0) is 15.2. The van der Waals surface area contributed by atoms with Crippen LogP contribution in [0.1, 0.15) is 72.1 Å². The monoisotopic (exact) mass is 283 g/mol. The van der Waals surface area contributed by atoms with E-state index in [2.05, 4.69) is 26.1 Å². The maximum absolute atomic E-state index is 11.8. The third-order valence-electron chi connectivity index (χ3n) is 4.22. The van der Waals surface area contributed by atoms with Gasteiger partial charge in [-0.15, -0.1) is 0 Å². The van der Waals surface area contributed by atoms with Gasteiger partial charge in [-0.2, -0.15) is 0 Å². The number of carboxylic acids is 1. The Hall–Kier alpha value is -1.06. The molecule has 0 aromatic rings. The first-order valence-corrected chi connectivity index (χ1v) is 7.75. The van der Waals surface area contributed by atoms with Crippen molar-refractivity contribution >= 4 is 11.9 Å². The summed E-state index contributed by atoms with van der Waals surface area (Å²) in [5, 5.41) is 12.3. The lowest BCUT2D eigenvalue weighted by molar-refractivity contribution is -0.151. The van der Waals surface area contributed by atoms with Gasteiger partial charge in [-0.3, -0.25) is 9.59 Å². The van der Waals surface area contributed by atoms with E-state index in [-0.39, 0.29) is 17.9 Å². The van der Waals surface area contributed by atoms with Crippen LogP contribution in [0, 0.1) is 10.8 Å². The van der Waals surface area contributed by atoms with Gasteiger partial charge >= 0.3 is 5.97 Å². The molecular formula is C16H29NO3. The lowest BCUT2D eigenvalue weighted by atomic mass is 9.74. The minimum atomic E-state index is -0.757. The maximum Gasteiger partial charge on any atom is 0.311 e. The Morgan fingerprint density at radius 2 is 1.75 bits per heavy atom. The molecular weight excluding hydrogens is 254 g/mol. The predicted octanol–water partition coefficient (Wildman–Crippen LogP) is 3.35. The molecule has 1 rings (SSSR count). The first-order valence-electron chi connectivity index (χ1n) is 7.75. The van der Waals surface area contributed by atoms with Crippen LogP contribution in [0.15, 0.2) is 0 Å². The summed E-state index contributed by atoms with van der Waals surface area (Å²) in [5.74, 6) is -0.771. The summed E-state index contributed by atoms with van der Waals surface area (Å²) in [6.45, 7) is 6.77. The summed E-state index contributed by atoms with van der Waals surface area (Å²) in [7, 11) is 0. The molecule has 1 fully saturated rings. The normalized spacial score (nSPS) is 18.6. The first kappa shape index (κ1) is 17.0. The number of amides is 1. The highest BCUT2D eigenvalue weighted by atomic mass is 16.4. The maximum atomic E-state index is 11.8. The highest BCUT2D eigenvalue weighted by Crippen LogP contribution is 2.36. The number of carbonyl (C=O) groups is 2. The van der Waals surface area contributed by atoms with E-state index in [4.69, 9.17) is 0 Å². The Bertz CT molecular complexity index is 338. The second kappa shape index (κ2) is 7.09. The molecule has 4 nitrogen and oxygen atoms in total. The fourth-order valence-corrected chi connectivity index (χ4v) is 2.83. The predicted molar refractivity (Wildman–Crippen MR) is 79.5 cm³/mol. The summed E-state index contributed by atoms with van der Waals surface area (Å²) in [4.78, 5) is 23.3. The lowest BCUT2D eigenvalue weighted by Gasteiger charge is -2.33. The van der Waals surface area contributed by atoms with Crippen molar-refractivity contribution < 1.29 is 14.7 Å². The molecule has 20 heavy (non-hydrogen) atoms. The van der Waals surface area contributed by atoms with Crippen LogP contribution in [0.3, 0.4) is 0 Å². The van der Waals surface area contributed by atoms with E-state index in [1.165, 1.54) is 0 Å². The largest absolute Gasteiger partial charge is 0.481 e. The van der Waals surface area contributed by atoms with Crippen LogP contribution in [0.25, 0.3) is 0 Å². The Kier molecular flexibility index (Phi) is 6.03. The fourth-order valence-electron chi connectivity index (χ4n) is 2.83. The minimum Gasteiger partial charge on any atom is -0.481 e. The molecule has 0 aromatic carbocycles. The SMILES string of the molecule is CC(C)(C)CCCC(=O)NCC1(C(=O)O)CCCCC1. The van der Waals surface area contributed by atoms with Gasteiger partial charge in [-0.25, -0.2) is 0 Å². The summed E-state index contributed by atoms with van der Waals surface area (Å²) in [5.41, 5.74) is -0.482. The third kappa shape index (κ3) is 5.51. The molecule has 116 valence electrons. The molecule has 1 saturated carbocycles. The number of nitrogens with one attached hydrogen (secondary N) is 1. The summed E-state index contributed by atoms with van der Waals surface area (Å²) >= 11 is 0. The summed E-state index contributed by atoms with van der Waals surface area (Å²) in [6.07, 6.45) is 6.73. The first-order chi connectivity index (χ1) is 9.25. The van der Waals surface area contributed by atoms with Gasteiger partial charge in [0.15, 0.2) is 0 Å². The Balaban J connectivity index is 2.36. The van der Waals surface area contributed by atoms with Gasteiger partial charge < -0.3 is 10.4 Å². The molecule has 0 spiro atoms. The average Bonchev–Trinajstić information content (AvgIpc) is 2.36. The average molecular weight is 283 g/mol. The van der Waals surface area contributed by atoms with E-state index in [9.17, 15) is 14.7 Å². The molecule has 0 saturated heterocycles. The number of aliphatic carboxylic acids is 1. The van der Waals surface area contributed by atoms with Crippen LogP contribution in [0.5, 0.6) is 0 Å². The molecule has 0 aromatic heterocycles. The van der Waals surface area contributed by atoms with E-state index in [0.717, 1.165) is 32.1 Å². The van der Waals surface area contributed by atoms with E-state index < -0.39 is 11.4 Å². The highest BCUT2D eigenvalue weighted by molar-refractivity contribution is 5.79. The molecule has 1 aliphatic carbocycles. The Morgan fingerprint density at radius 1 is 1.15 bits per heavy atom. The van der Waals surface area contributed by atoms with Crippen molar-refractivity contribution in [1.29, 1.82) is 0 Å². The van der Waals surface area contributed by atoms with Gasteiger partial charge in [0.2, 0.25) is 5.91 Å². The Labute approximate surface area is 122 Å². The summed E-state index contributed by atoms with van der Waals surface area (Å²) < 4.78 is 0. The van der Waals surface area contributed by atoms with E-state index in [1.54, 1.807) is 0 Å². The quantitative estimate of drug-likeness (QED) is 0.785. The molecule has 0 unspecified atom stereocenters. The smallest absolute Gasteiger partial charge is 0.311 e. The Morgan fingerprint density at radius 3 is 2.25 bits per heavy atom. The van der Waals surface area contributed by atoms with Gasteiger partial charge in [0.05, 0.1) is 5.41 Å². The van der Waals surface area contributed by atoms with Crippen LogP contribution >= 0.6 is 0 Å². The second-order valence-electron chi connectivity index (χ2n) is 7.34. The van der Waals surface area contributed by atoms with Crippen LogP contribution in [-0.4, -0.2) is 23.5 Å². The van der Waals surface area contributed by atoms with Crippen molar-refractivity contribution in [1.82, 2.24) is 5.32 Å². The van der Waals surface area contributed by atoms with Crippen molar-refractivity contribution in [2.75, 3.05) is 6.54 Å². The molecule has 2 N–H and O–H groups in total. The zero-order valence-corrected chi connectivity index (χ0v) is 13.1. The van der Waals surface area contributed by atoms with E-state index in [0.29, 0.717) is 19.3 Å². The molecule has 0 heterocycles. The second-order valence-corrected chi connectivity index (χ2v) is 7.34. The third-order valence-corrected chi connectivity index (χ3v) is 4.22. The molecule has 0 atom stereocenters. The van der Waals surface area contributed by atoms with Crippen LogP contribution in [0.4, 0.5) is 0 Å². The molecule has 1 aliphatic rings. The van der Waals surface area contributed by atoms with Gasteiger partial charge in [0, 0.05) is 13.0 Å². The van der Waals surface area contributed by atoms with Crippen molar-refractivity contribution in [2.24, 2.45) is 10.8 Å². The molecule has 1 amide bonds. The number of rotatable bonds is 6. The van der Waals surface area contributed by atoms with Crippen LogP contribution in [0.2, 0.25) is 0 Å². The van der Waals surface area contributed by atoms with Gasteiger partial charge in [-0.05, 0) is 31.1 Å². The minimum absolute atomic E-state index is 0.0135. The highest BCUT2D eigenvalue weighted by Gasteiger charge is 2.39. The molecule has 4 heteroatoms. The van der Waals surface area contributed by atoms with Crippen LogP contribution < -0.4 is 5.32 Å². The van der Waals surface area contributed by atoms with Crippen molar-refractivity contribution in [3.63, 3.8) is 0 Å². The van der Waals surface area contributed by atoms with Crippen LogP contribution in [-0.2, 0) is 9.59 Å². The number of carboxylic acid groups (broad SMARTS) is 1. The number of carbonyl (C=O) groups excluding carboxylic acids is 1. The van der Waals surface area contributed by atoms with Crippen molar-refractivity contribution in [3.8, 4) is 0 Å². The van der Waals surface area contributed by atoms with Crippen molar-refractivity contribution in [3.05, 3.63) is 0 Å². The van der Waals surface area contributed by atoms with Gasteiger partial charge in [-0.1, -0.05) is 40.0 Å². The number of hydrogen-bond acceptors (Lipinski definition) is 2. The molecule has 0 radical (unpaired) electrons. The lowest BCUT2D eigenvalue weighted by Crippen LogP contribution is -2.44. The van der Waals surface area contributed by atoms with E-state index >= 15 is 0 Å².